The lowest BCUT2D eigenvalue weighted by Crippen LogP contribution is -2.25. The topological polar surface area (TPSA) is 102 Å². The predicted molar refractivity (Wildman–Crippen MR) is 138 cm³/mol. The maximum atomic E-state index is 11.8. The average molecular weight is 485 g/mol. The number of hydrogen-bond acceptors (Lipinski definition) is 6. The van der Waals surface area contributed by atoms with E-state index in [2.05, 4.69) is 0 Å². The number of nitro benzene ring substituents is 2. The molecule has 4 aromatic rings. The maximum absolute atomic E-state index is 11.8. The Morgan fingerprint density at radius 2 is 1.43 bits per heavy atom. The van der Waals surface area contributed by atoms with Gasteiger partial charge in [-0.3, -0.25) is 24.5 Å². The zero-order valence-corrected chi connectivity index (χ0v) is 19.5. The van der Waals surface area contributed by atoms with Crippen LogP contribution in [-0.2, 0) is 0 Å². The van der Waals surface area contributed by atoms with Crippen molar-refractivity contribution < 1.29 is 9.85 Å². The monoisotopic (exact) mass is 484 g/mol. The van der Waals surface area contributed by atoms with Gasteiger partial charge in [0.15, 0.2) is 5.84 Å². The number of hydrogen-bond donors (Lipinski definition) is 0. The molecule has 0 fully saturated rings. The van der Waals surface area contributed by atoms with Gasteiger partial charge in [-0.05, 0) is 37.3 Å². The molecule has 4 rings (SSSR count). The number of nitro groups is 2. The fourth-order valence-electron chi connectivity index (χ4n) is 3.28. The minimum Gasteiger partial charge on any atom is -0.263 e. The minimum absolute atomic E-state index is 0.247. The molecule has 4 aromatic carbocycles. The van der Waals surface area contributed by atoms with Crippen molar-refractivity contribution in [2.45, 2.75) is 11.8 Å². The van der Waals surface area contributed by atoms with Crippen LogP contribution in [0, 0.1) is 27.2 Å². The molecule has 0 unspecified atom stereocenters. The van der Waals surface area contributed by atoms with Crippen molar-refractivity contribution in [3.05, 3.63) is 134 Å². The van der Waals surface area contributed by atoms with Crippen LogP contribution in [0.4, 0.5) is 22.7 Å². The molecule has 0 heterocycles. The van der Waals surface area contributed by atoms with Gasteiger partial charge in [0.1, 0.15) is 4.90 Å². The van der Waals surface area contributed by atoms with Gasteiger partial charge in [0, 0.05) is 23.6 Å². The second-order valence-electron chi connectivity index (χ2n) is 7.52. The molecule has 35 heavy (non-hydrogen) atoms. The lowest BCUT2D eigenvalue weighted by molar-refractivity contribution is -0.396. The van der Waals surface area contributed by atoms with Crippen molar-refractivity contribution in [2.24, 2.45) is 4.99 Å². The average Bonchev–Trinajstić information content (AvgIpc) is 2.88. The van der Waals surface area contributed by atoms with Crippen molar-refractivity contribution >= 4 is 40.5 Å². The number of non-ortho nitro benzene ring substituents is 1. The Morgan fingerprint density at radius 3 is 2.03 bits per heavy atom. The summed E-state index contributed by atoms with van der Waals surface area (Å²) < 4.78 is 1.79. The SMILES string of the molecule is Cc1ccc(N=C(c2ccccc2)N(Sc2ccc([N+](=O)[O-])cc2[N+](=O)[O-])c2ccccc2)cc1. The number of para-hydroxylation sites is 1. The van der Waals surface area contributed by atoms with E-state index in [0.717, 1.165) is 34.8 Å². The number of rotatable bonds is 7. The highest BCUT2D eigenvalue weighted by atomic mass is 32.2. The first-order valence-corrected chi connectivity index (χ1v) is 11.4. The first-order valence-electron chi connectivity index (χ1n) is 10.6. The molecule has 0 amide bonds. The third-order valence-electron chi connectivity index (χ3n) is 5.02. The summed E-state index contributed by atoms with van der Waals surface area (Å²) in [5.74, 6) is 0.554. The fourth-order valence-corrected chi connectivity index (χ4v) is 4.29. The molecule has 8 nitrogen and oxygen atoms in total. The molecule has 174 valence electrons. The van der Waals surface area contributed by atoms with Crippen LogP contribution in [-0.4, -0.2) is 15.7 Å². The molecule has 0 aliphatic rings. The van der Waals surface area contributed by atoms with Gasteiger partial charge in [-0.1, -0.05) is 66.2 Å². The van der Waals surface area contributed by atoms with Crippen LogP contribution in [0.15, 0.2) is 113 Å². The highest BCUT2D eigenvalue weighted by molar-refractivity contribution is 8.01. The Bertz CT molecular complexity index is 1380. The standard InChI is InChI=1S/C26H20N4O4S/c1-19-12-14-21(15-13-19)27-26(20-8-4-2-5-9-20)28(22-10-6-3-7-11-22)35-25-17-16-23(29(31)32)18-24(25)30(33)34/h2-18H,1H3. The van der Waals surface area contributed by atoms with E-state index in [1.54, 1.807) is 4.31 Å². The smallest absolute Gasteiger partial charge is 0.263 e. The van der Waals surface area contributed by atoms with Gasteiger partial charge < -0.3 is 0 Å². The van der Waals surface area contributed by atoms with E-state index in [9.17, 15) is 20.2 Å². The van der Waals surface area contributed by atoms with Crippen molar-refractivity contribution in [1.29, 1.82) is 0 Å². The highest BCUT2D eigenvalue weighted by Gasteiger charge is 2.25. The van der Waals surface area contributed by atoms with Crippen LogP contribution in [0.3, 0.4) is 0 Å². The van der Waals surface area contributed by atoms with Crippen molar-refractivity contribution in [3.8, 4) is 0 Å². The molecular weight excluding hydrogens is 464 g/mol. The third kappa shape index (κ3) is 5.71. The van der Waals surface area contributed by atoms with E-state index in [0.29, 0.717) is 11.5 Å². The second-order valence-corrected chi connectivity index (χ2v) is 8.51. The molecule has 0 atom stereocenters. The second kappa shape index (κ2) is 10.6. The first kappa shape index (κ1) is 23.7. The van der Waals surface area contributed by atoms with Crippen LogP contribution >= 0.6 is 11.9 Å². The summed E-state index contributed by atoms with van der Waals surface area (Å²) in [6, 6.07) is 30.2. The van der Waals surface area contributed by atoms with Crippen molar-refractivity contribution in [2.75, 3.05) is 4.31 Å². The third-order valence-corrected chi connectivity index (χ3v) is 6.13. The molecule has 0 saturated heterocycles. The van der Waals surface area contributed by atoms with Crippen LogP contribution < -0.4 is 4.31 Å². The fraction of sp³-hybridized carbons (Fsp3) is 0.0385. The van der Waals surface area contributed by atoms with Gasteiger partial charge in [-0.2, -0.15) is 0 Å². The van der Waals surface area contributed by atoms with Gasteiger partial charge in [0.05, 0.1) is 27.3 Å². The highest BCUT2D eigenvalue weighted by Crippen LogP contribution is 2.38. The molecule has 0 aliphatic heterocycles. The summed E-state index contributed by atoms with van der Waals surface area (Å²) in [5, 5.41) is 23.0. The molecule has 0 saturated carbocycles. The lowest BCUT2D eigenvalue weighted by atomic mass is 10.2. The zero-order valence-electron chi connectivity index (χ0n) is 18.6. The Balaban J connectivity index is 1.89. The summed E-state index contributed by atoms with van der Waals surface area (Å²) in [4.78, 5) is 26.9. The van der Waals surface area contributed by atoms with E-state index >= 15 is 0 Å². The minimum atomic E-state index is -0.648. The summed E-state index contributed by atoms with van der Waals surface area (Å²) in [5.41, 5.74) is 2.65. The summed E-state index contributed by atoms with van der Waals surface area (Å²) in [7, 11) is 0. The van der Waals surface area contributed by atoms with Gasteiger partial charge in [-0.25, -0.2) is 4.99 Å². The quantitative estimate of drug-likeness (QED) is 0.0911. The Kier molecular flexibility index (Phi) is 7.18. The Hall–Kier alpha value is -4.50. The molecule has 9 heteroatoms. The molecule has 0 aromatic heterocycles. The van der Waals surface area contributed by atoms with E-state index in [-0.39, 0.29) is 16.3 Å². The van der Waals surface area contributed by atoms with E-state index < -0.39 is 9.85 Å². The number of nitrogens with zero attached hydrogens (tertiary/aromatic N) is 4. The Labute approximate surface area is 206 Å². The summed E-state index contributed by atoms with van der Waals surface area (Å²) in [6.45, 7) is 1.99. The number of aryl methyl sites for hydroxylation is 1. The van der Waals surface area contributed by atoms with Gasteiger partial charge in [-0.15, -0.1) is 0 Å². The molecule has 0 radical (unpaired) electrons. The predicted octanol–water partition coefficient (Wildman–Crippen LogP) is 7.10. The van der Waals surface area contributed by atoms with Gasteiger partial charge >= 0.3 is 0 Å². The maximum Gasteiger partial charge on any atom is 0.291 e. The number of benzene rings is 4. The normalized spacial score (nSPS) is 11.2. The molecule has 0 spiro atoms. The molecule has 0 N–H and O–H groups in total. The molecular formula is C26H20N4O4S. The largest absolute Gasteiger partial charge is 0.291 e. The van der Waals surface area contributed by atoms with E-state index in [4.69, 9.17) is 4.99 Å². The van der Waals surface area contributed by atoms with Crippen LogP contribution in [0.2, 0.25) is 0 Å². The van der Waals surface area contributed by atoms with E-state index in [1.807, 2.05) is 91.9 Å². The van der Waals surface area contributed by atoms with Crippen LogP contribution in [0.1, 0.15) is 11.1 Å². The number of aliphatic imine (C=N–C) groups is 1. The number of anilines is 1. The summed E-state index contributed by atoms with van der Waals surface area (Å²) >= 11 is 1.08. The zero-order chi connectivity index (χ0) is 24.8. The van der Waals surface area contributed by atoms with Gasteiger partial charge in [0.25, 0.3) is 11.4 Å². The number of amidine groups is 1. The van der Waals surface area contributed by atoms with Crippen molar-refractivity contribution in [1.82, 2.24) is 0 Å². The van der Waals surface area contributed by atoms with Crippen LogP contribution in [0.5, 0.6) is 0 Å². The van der Waals surface area contributed by atoms with Crippen LogP contribution in [0.25, 0.3) is 0 Å². The Morgan fingerprint density at radius 1 is 0.800 bits per heavy atom. The van der Waals surface area contributed by atoms with Crippen molar-refractivity contribution in [3.63, 3.8) is 0 Å². The summed E-state index contributed by atoms with van der Waals surface area (Å²) in [6.07, 6.45) is 0. The van der Waals surface area contributed by atoms with E-state index in [1.165, 1.54) is 12.1 Å². The molecule has 0 bridgehead atoms. The first-order chi connectivity index (χ1) is 16.9. The van der Waals surface area contributed by atoms with Gasteiger partial charge in [0.2, 0.25) is 0 Å². The lowest BCUT2D eigenvalue weighted by Gasteiger charge is -2.25. The molecule has 0 aliphatic carbocycles.